The average Bonchev–Trinajstić information content (AvgIpc) is 3.07. The van der Waals surface area contributed by atoms with Crippen molar-refractivity contribution in [1.29, 1.82) is 0 Å². The lowest BCUT2D eigenvalue weighted by molar-refractivity contribution is -0.131. The van der Waals surface area contributed by atoms with Crippen LogP contribution in [0.15, 0.2) is 41.8 Å². The number of piperidine rings is 1. The van der Waals surface area contributed by atoms with Crippen molar-refractivity contribution in [3.05, 3.63) is 52.5 Å². The quantitative estimate of drug-likeness (QED) is 0.834. The lowest BCUT2D eigenvalue weighted by Gasteiger charge is -2.32. The molecule has 1 aliphatic heterocycles. The topological polar surface area (TPSA) is 29.5 Å². The molecule has 1 aromatic heterocycles. The van der Waals surface area contributed by atoms with Crippen LogP contribution in [0.2, 0.25) is 0 Å². The van der Waals surface area contributed by atoms with Gasteiger partial charge < -0.3 is 9.64 Å². The maximum atomic E-state index is 13.5. The van der Waals surface area contributed by atoms with Gasteiger partial charge in [-0.05, 0) is 42.3 Å². The Morgan fingerprint density at radius 1 is 1.22 bits per heavy atom. The molecule has 2 aromatic rings. The Kier molecular flexibility index (Phi) is 5.28. The first-order valence-electron chi connectivity index (χ1n) is 7.90. The molecule has 0 spiro atoms. The van der Waals surface area contributed by atoms with Crippen molar-refractivity contribution >= 4 is 17.2 Å². The van der Waals surface area contributed by atoms with Crippen molar-refractivity contribution in [2.75, 3.05) is 19.7 Å². The summed E-state index contributed by atoms with van der Waals surface area (Å²) < 4.78 is 19.1. The standard InChI is InChI=1S/C18H20FNO2S/c19-16-5-1-2-6-17(16)22-13-14-7-9-20(10-8-14)18(21)12-15-4-3-11-23-15/h1-6,11,14H,7-10,12-13H2. The van der Waals surface area contributed by atoms with Crippen LogP contribution >= 0.6 is 11.3 Å². The second kappa shape index (κ2) is 7.59. The molecule has 1 aromatic carbocycles. The van der Waals surface area contributed by atoms with Crippen LogP contribution in [0.5, 0.6) is 5.75 Å². The Morgan fingerprint density at radius 3 is 2.70 bits per heavy atom. The van der Waals surface area contributed by atoms with E-state index in [0.29, 0.717) is 24.7 Å². The van der Waals surface area contributed by atoms with Crippen molar-refractivity contribution < 1.29 is 13.9 Å². The molecule has 0 radical (unpaired) electrons. The zero-order valence-electron chi connectivity index (χ0n) is 12.9. The van der Waals surface area contributed by atoms with E-state index < -0.39 is 0 Å². The molecule has 122 valence electrons. The average molecular weight is 333 g/mol. The molecule has 0 saturated carbocycles. The summed E-state index contributed by atoms with van der Waals surface area (Å²) in [4.78, 5) is 15.3. The number of halogens is 1. The molecule has 1 aliphatic rings. The van der Waals surface area contributed by atoms with E-state index in [9.17, 15) is 9.18 Å². The molecule has 0 unspecified atom stereocenters. The number of rotatable bonds is 5. The minimum Gasteiger partial charge on any atom is -0.490 e. The van der Waals surface area contributed by atoms with Gasteiger partial charge in [-0.3, -0.25) is 4.79 Å². The number of amides is 1. The summed E-state index contributed by atoms with van der Waals surface area (Å²) in [5, 5.41) is 1.99. The molecule has 3 nitrogen and oxygen atoms in total. The third-order valence-electron chi connectivity index (χ3n) is 4.18. The monoisotopic (exact) mass is 333 g/mol. The summed E-state index contributed by atoms with van der Waals surface area (Å²) >= 11 is 1.62. The van der Waals surface area contributed by atoms with E-state index in [1.807, 2.05) is 22.4 Å². The fourth-order valence-corrected chi connectivity index (χ4v) is 3.49. The molecule has 1 fully saturated rings. The highest BCUT2D eigenvalue weighted by molar-refractivity contribution is 7.10. The van der Waals surface area contributed by atoms with Gasteiger partial charge in [0.2, 0.25) is 5.91 Å². The molecule has 23 heavy (non-hydrogen) atoms. The van der Waals surface area contributed by atoms with Gasteiger partial charge in [-0.15, -0.1) is 11.3 Å². The molecule has 2 heterocycles. The fourth-order valence-electron chi connectivity index (χ4n) is 2.79. The summed E-state index contributed by atoms with van der Waals surface area (Å²) in [7, 11) is 0. The van der Waals surface area contributed by atoms with Crippen LogP contribution in [0, 0.1) is 11.7 Å². The van der Waals surface area contributed by atoms with E-state index in [-0.39, 0.29) is 11.7 Å². The predicted molar refractivity (Wildman–Crippen MR) is 89.2 cm³/mol. The van der Waals surface area contributed by atoms with Crippen molar-refractivity contribution in [1.82, 2.24) is 4.90 Å². The normalized spacial score (nSPS) is 15.6. The van der Waals surface area contributed by atoms with Gasteiger partial charge in [0.25, 0.3) is 0 Å². The molecule has 0 atom stereocenters. The molecule has 1 saturated heterocycles. The van der Waals surface area contributed by atoms with Gasteiger partial charge in [-0.1, -0.05) is 18.2 Å². The largest absolute Gasteiger partial charge is 0.490 e. The highest BCUT2D eigenvalue weighted by atomic mass is 32.1. The van der Waals surface area contributed by atoms with Crippen LogP contribution in [0.25, 0.3) is 0 Å². The highest BCUT2D eigenvalue weighted by Crippen LogP contribution is 2.22. The molecule has 3 rings (SSSR count). The Balaban J connectivity index is 1.43. The minimum atomic E-state index is -0.323. The molecular formula is C18H20FNO2S. The van der Waals surface area contributed by atoms with Gasteiger partial charge in [0.05, 0.1) is 13.0 Å². The van der Waals surface area contributed by atoms with E-state index in [4.69, 9.17) is 4.74 Å². The smallest absolute Gasteiger partial charge is 0.227 e. The summed E-state index contributed by atoms with van der Waals surface area (Å²) in [5.74, 6) is 0.557. The summed E-state index contributed by atoms with van der Waals surface area (Å²) in [6.45, 7) is 2.03. The molecule has 0 aliphatic carbocycles. The number of likely N-dealkylation sites (tertiary alicyclic amines) is 1. The SMILES string of the molecule is O=C(Cc1cccs1)N1CCC(COc2ccccc2F)CC1. The lowest BCUT2D eigenvalue weighted by atomic mass is 9.97. The Morgan fingerprint density at radius 2 is 2.00 bits per heavy atom. The molecule has 0 bridgehead atoms. The van der Waals surface area contributed by atoms with E-state index in [1.165, 1.54) is 6.07 Å². The number of carbonyl (C=O) groups is 1. The molecule has 0 N–H and O–H groups in total. The third-order valence-corrected chi connectivity index (χ3v) is 5.06. The predicted octanol–water partition coefficient (Wildman–Crippen LogP) is 3.75. The third kappa shape index (κ3) is 4.32. The number of hydrogen-bond donors (Lipinski definition) is 0. The number of benzene rings is 1. The van der Waals surface area contributed by atoms with Crippen molar-refractivity contribution in [3.63, 3.8) is 0 Å². The first-order valence-corrected chi connectivity index (χ1v) is 8.78. The fraction of sp³-hybridized carbons (Fsp3) is 0.389. The van der Waals surface area contributed by atoms with Crippen LogP contribution in [-0.4, -0.2) is 30.5 Å². The second-order valence-electron chi connectivity index (χ2n) is 5.82. The van der Waals surface area contributed by atoms with Crippen LogP contribution in [-0.2, 0) is 11.2 Å². The van der Waals surface area contributed by atoms with Gasteiger partial charge in [0.15, 0.2) is 11.6 Å². The number of para-hydroxylation sites is 1. The van der Waals surface area contributed by atoms with Gasteiger partial charge in [0.1, 0.15) is 0 Å². The summed E-state index contributed by atoms with van der Waals surface area (Å²) in [6, 6.07) is 10.4. The van der Waals surface area contributed by atoms with Crippen LogP contribution < -0.4 is 4.74 Å². The number of nitrogens with zero attached hydrogens (tertiary/aromatic N) is 1. The number of thiophene rings is 1. The maximum absolute atomic E-state index is 13.5. The first kappa shape index (κ1) is 16.0. The number of hydrogen-bond acceptors (Lipinski definition) is 3. The maximum Gasteiger partial charge on any atom is 0.227 e. The molecule has 1 amide bonds. The zero-order valence-corrected chi connectivity index (χ0v) is 13.7. The Hall–Kier alpha value is -1.88. The zero-order chi connectivity index (χ0) is 16.1. The summed E-state index contributed by atoms with van der Waals surface area (Å²) in [5.41, 5.74) is 0. The van der Waals surface area contributed by atoms with E-state index in [2.05, 4.69) is 0 Å². The van der Waals surface area contributed by atoms with Crippen molar-refractivity contribution in [3.8, 4) is 5.75 Å². The van der Waals surface area contributed by atoms with Crippen molar-refractivity contribution in [2.45, 2.75) is 19.3 Å². The Bertz CT molecular complexity index is 636. The van der Waals surface area contributed by atoms with E-state index >= 15 is 0 Å². The first-order chi connectivity index (χ1) is 11.2. The van der Waals surface area contributed by atoms with Crippen LogP contribution in [0.1, 0.15) is 17.7 Å². The van der Waals surface area contributed by atoms with E-state index in [1.54, 1.807) is 29.5 Å². The van der Waals surface area contributed by atoms with E-state index in [0.717, 1.165) is 30.8 Å². The lowest BCUT2D eigenvalue weighted by Crippen LogP contribution is -2.40. The summed E-state index contributed by atoms with van der Waals surface area (Å²) in [6.07, 6.45) is 2.31. The molecular weight excluding hydrogens is 313 g/mol. The van der Waals surface area contributed by atoms with Gasteiger partial charge in [-0.25, -0.2) is 4.39 Å². The second-order valence-corrected chi connectivity index (χ2v) is 6.85. The van der Waals surface area contributed by atoms with Gasteiger partial charge >= 0.3 is 0 Å². The van der Waals surface area contributed by atoms with Gasteiger partial charge in [0, 0.05) is 18.0 Å². The minimum absolute atomic E-state index is 0.195. The van der Waals surface area contributed by atoms with Crippen molar-refractivity contribution in [2.24, 2.45) is 5.92 Å². The number of ether oxygens (including phenoxy) is 1. The Labute approximate surface area is 139 Å². The number of carbonyl (C=O) groups excluding carboxylic acids is 1. The van der Waals surface area contributed by atoms with Crippen LogP contribution in [0.3, 0.4) is 0 Å². The highest BCUT2D eigenvalue weighted by Gasteiger charge is 2.23. The van der Waals surface area contributed by atoms with Gasteiger partial charge in [-0.2, -0.15) is 0 Å². The van der Waals surface area contributed by atoms with Crippen LogP contribution in [0.4, 0.5) is 4.39 Å². The molecule has 5 heteroatoms.